The van der Waals surface area contributed by atoms with Crippen LogP contribution in [0, 0.1) is 5.82 Å². The van der Waals surface area contributed by atoms with Gasteiger partial charge in [-0.25, -0.2) is 9.37 Å². The molecule has 0 bridgehead atoms. The number of hydrogen-bond acceptors (Lipinski definition) is 2. The predicted molar refractivity (Wildman–Crippen MR) is 72.3 cm³/mol. The lowest BCUT2D eigenvalue weighted by Crippen LogP contribution is -1.84. The van der Waals surface area contributed by atoms with Crippen molar-refractivity contribution in [3.8, 4) is 22.5 Å². The van der Waals surface area contributed by atoms with Gasteiger partial charge in [-0.1, -0.05) is 36.4 Å². The number of aromatic nitrogens is 1. The second-order valence-electron chi connectivity index (χ2n) is 4.03. The van der Waals surface area contributed by atoms with Crippen LogP contribution in [0.3, 0.4) is 0 Å². The number of hydrogen-bond donors (Lipinski definition) is 0. The summed E-state index contributed by atoms with van der Waals surface area (Å²) < 4.78 is 18.3. The molecule has 1 heterocycles. The van der Waals surface area contributed by atoms with Gasteiger partial charge in [0.1, 0.15) is 5.82 Å². The molecule has 1 aromatic heterocycles. The van der Waals surface area contributed by atoms with E-state index in [2.05, 4.69) is 4.98 Å². The van der Waals surface area contributed by atoms with Crippen molar-refractivity contribution in [2.24, 2.45) is 0 Å². The zero-order valence-electron chi connectivity index (χ0n) is 9.81. The molecule has 2 aromatic carbocycles. The number of benzene rings is 2. The SMILES string of the molecule is Fc1ccc(-c2ccccc2-c2cnc(Cl)o2)cc1. The molecular weight excluding hydrogens is 265 g/mol. The molecule has 0 saturated carbocycles. The Kier molecular flexibility index (Phi) is 3.05. The lowest BCUT2D eigenvalue weighted by molar-refractivity contribution is 0.574. The van der Waals surface area contributed by atoms with E-state index < -0.39 is 0 Å². The van der Waals surface area contributed by atoms with E-state index in [4.69, 9.17) is 16.0 Å². The van der Waals surface area contributed by atoms with Crippen molar-refractivity contribution >= 4 is 11.6 Å². The zero-order valence-corrected chi connectivity index (χ0v) is 10.6. The summed E-state index contributed by atoms with van der Waals surface area (Å²) in [4.78, 5) is 3.88. The minimum Gasteiger partial charge on any atom is -0.428 e. The highest BCUT2D eigenvalue weighted by molar-refractivity contribution is 6.27. The summed E-state index contributed by atoms with van der Waals surface area (Å²) in [6, 6.07) is 14.0. The highest BCUT2D eigenvalue weighted by atomic mass is 35.5. The third-order valence-corrected chi connectivity index (χ3v) is 3.00. The minimum absolute atomic E-state index is 0.101. The average molecular weight is 274 g/mol. The molecule has 0 aliphatic heterocycles. The number of oxazole rings is 1. The molecule has 0 N–H and O–H groups in total. The van der Waals surface area contributed by atoms with Gasteiger partial charge in [0.15, 0.2) is 5.76 Å². The summed E-state index contributed by atoms with van der Waals surface area (Å²) in [5, 5.41) is 0.101. The molecule has 0 aliphatic rings. The fourth-order valence-electron chi connectivity index (χ4n) is 1.96. The first-order valence-electron chi connectivity index (χ1n) is 5.71. The first-order valence-corrected chi connectivity index (χ1v) is 6.08. The smallest absolute Gasteiger partial charge is 0.292 e. The molecule has 2 nitrogen and oxygen atoms in total. The fourth-order valence-corrected chi connectivity index (χ4v) is 2.09. The molecule has 0 fully saturated rings. The largest absolute Gasteiger partial charge is 0.428 e. The van der Waals surface area contributed by atoms with Crippen molar-refractivity contribution < 1.29 is 8.81 Å². The Morgan fingerprint density at radius 3 is 2.26 bits per heavy atom. The first kappa shape index (κ1) is 11.9. The molecule has 0 amide bonds. The Balaban J connectivity index is 2.14. The van der Waals surface area contributed by atoms with Crippen molar-refractivity contribution in [3.63, 3.8) is 0 Å². The van der Waals surface area contributed by atoms with Gasteiger partial charge in [-0.3, -0.25) is 0 Å². The molecule has 19 heavy (non-hydrogen) atoms. The zero-order chi connectivity index (χ0) is 13.2. The van der Waals surface area contributed by atoms with Gasteiger partial charge in [0.05, 0.1) is 6.20 Å². The lowest BCUT2D eigenvalue weighted by atomic mass is 9.98. The third kappa shape index (κ3) is 2.37. The van der Waals surface area contributed by atoms with Gasteiger partial charge in [-0.2, -0.15) is 0 Å². The molecule has 0 spiro atoms. The van der Waals surface area contributed by atoms with Crippen LogP contribution in [0.25, 0.3) is 22.5 Å². The van der Waals surface area contributed by atoms with Crippen molar-refractivity contribution in [3.05, 3.63) is 65.9 Å². The minimum atomic E-state index is -0.260. The molecule has 0 saturated heterocycles. The van der Waals surface area contributed by atoms with Crippen molar-refractivity contribution in [2.45, 2.75) is 0 Å². The molecule has 0 atom stereocenters. The van der Waals surface area contributed by atoms with Gasteiger partial charge in [-0.15, -0.1) is 0 Å². The first-order chi connectivity index (χ1) is 9.24. The van der Waals surface area contributed by atoms with Crippen molar-refractivity contribution in [1.29, 1.82) is 0 Å². The number of nitrogens with zero attached hydrogens (tertiary/aromatic N) is 1. The third-order valence-electron chi connectivity index (χ3n) is 2.83. The van der Waals surface area contributed by atoms with Crippen LogP contribution in [-0.4, -0.2) is 4.98 Å². The second kappa shape index (κ2) is 4.86. The standard InChI is InChI=1S/C15H9ClFNO/c16-15-18-9-14(19-15)13-4-2-1-3-12(13)10-5-7-11(17)8-6-10/h1-9H. The molecular formula is C15H9ClFNO. The maximum absolute atomic E-state index is 13.0. The van der Waals surface area contributed by atoms with E-state index in [0.717, 1.165) is 16.7 Å². The van der Waals surface area contributed by atoms with E-state index in [1.807, 2.05) is 24.3 Å². The van der Waals surface area contributed by atoms with Crippen LogP contribution < -0.4 is 0 Å². The Bertz CT molecular complexity index is 706. The summed E-state index contributed by atoms with van der Waals surface area (Å²) in [5.74, 6) is 0.328. The van der Waals surface area contributed by atoms with Gasteiger partial charge in [0, 0.05) is 5.56 Å². The highest BCUT2D eigenvalue weighted by Gasteiger charge is 2.11. The molecule has 4 heteroatoms. The Morgan fingerprint density at radius 2 is 1.63 bits per heavy atom. The summed E-state index contributed by atoms with van der Waals surface area (Å²) in [6.45, 7) is 0. The van der Waals surface area contributed by atoms with Gasteiger partial charge in [-0.05, 0) is 34.9 Å². The van der Waals surface area contributed by atoms with E-state index in [1.165, 1.54) is 12.1 Å². The van der Waals surface area contributed by atoms with Gasteiger partial charge >= 0.3 is 0 Å². The van der Waals surface area contributed by atoms with E-state index in [-0.39, 0.29) is 11.2 Å². The van der Waals surface area contributed by atoms with Crippen LogP contribution in [0.4, 0.5) is 4.39 Å². The molecule has 3 aromatic rings. The van der Waals surface area contributed by atoms with E-state index in [9.17, 15) is 4.39 Å². The van der Waals surface area contributed by atoms with Gasteiger partial charge in [0.25, 0.3) is 5.35 Å². The monoisotopic (exact) mass is 273 g/mol. The molecule has 3 rings (SSSR count). The molecule has 0 aliphatic carbocycles. The van der Waals surface area contributed by atoms with Gasteiger partial charge < -0.3 is 4.42 Å². The predicted octanol–water partition coefficient (Wildman–Crippen LogP) is 4.80. The van der Waals surface area contributed by atoms with Crippen LogP contribution in [0.5, 0.6) is 0 Å². The summed E-state index contributed by atoms with van der Waals surface area (Å²) in [6.07, 6.45) is 1.57. The van der Waals surface area contributed by atoms with Crippen LogP contribution in [0.2, 0.25) is 5.35 Å². The second-order valence-corrected chi connectivity index (χ2v) is 4.35. The van der Waals surface area contributed by atoms with Crippen molar-refractivity contribution in [1.82, 2.24) is 4.98 Å². The summed E-state index contributed by atoms with van der Waals surface area (Å²) >= 11 is 5.70. The average Bonchev–Trinajstić information content (AvgIpc) is 2.86. The van der Waals surface area contributed by atoms with Crippen molar-refractivity contribution in [2.75, 3.05) is 0 Å². The van der Waals surface area contributed by atoms with E-state index in [0.29, 0.717) is 5.76 Å². The highest BCUT2D eigenvalue weighted by Crippen LogP contribution is 2.32. The van der Waals surface area contributed by atoms with E-state index >= 15 is 0 Å². The normalized spacial score (nSPS) is 10.6. The Morgan fingerprint density at radius 1 is 0.947 bits per heavy atom. The maximum atomic E-state index is 13.0. The quantitative estimate of drug-likeness (QED) is 0.670. The lowest BCUT2D eigenvalue weighted by Gasteiger charge is -2.07. The number of halogens is 2. The fraction of sp³-hybridized carbons (Fsp3) is 0. The summed E-state index contributed by atoms with van der Waals surface area (Å²) in [7, 11) is 0. The summed E-state index contributed by atoms with van der Waals surface area (Å²) in [5.41, 5.74) is 2.72. The van der Waals surface area contributed by atoms with Gasteiger partial charge in [0.2, 0.25) is 0 Å². The Hall–Kier alpha value is -2.13. The molecule has 94 valence electrons. The topological polar surface area (TPSA) is 26.0 Å². The van der Waals surface area contributed by atoms with Crippen LogP contribution in [0.1, 0.15) is 0 Å². The number of rotatable bonds is 2. The van der Waals surface area contributed by atoms with Crippen LogP contribution >= 0.6 is 11.6 Å². The molecule has 0 radical (unpaired) electrons. The van der Waals surface area contributed by atoms with Crippen LogP contribution in [0.15, 0.2) is 59.1 Å². The Labute approximate surface area is 114 Å². The molecule has 0 unspecified atom stereocenters. The van der Waals surface area contributed by atoms with E-state index in [1.54, 1.807) is 18.3 Å². The van der Waals surface area contributed by atoms with Crippen LogP contribution in [-0.2, 0) is 0 Å². The maximum Gasteiger partial charge on any atom is 0.292 e.